The van der Waals surface area contributed by atoms with E-state index in [0.29, 0.717) is 24.5 Å². The molecular formula is C20H26N4O2. The molecule has 0 radical (unpaired) electrons. The summed E-state index contributed by atoms with van der Waals surface area (Å²) in [6.45, 7) is 3.49. The molecule has 1 amide bonds. The Morgan fingerprint density at radius 2 is 2.23 bits per heavy atom. The third kappa shape index (κ3) is 2.97. The molecule has 0 aromatic carbocycles. The topological polar surface area (TPSA) is 71.1 Å². The zero-order valence-electron chi connectivity index (χ0n) is 15.6. The van der Waals surface area contributed by atoms with Crippen molar-refractivity contribution in [1.29, 1.82) is 0 Å². The summed E-state index contributed by atoms with van der Waals surface area (Å²) in [6, 6.07) is 2.00. The van der Waals surface area contributed by atoms with Crippen molar-refractivity contribution in [2.24, 2.45) is 0 Å². The lowest BCUT2D eigenvalue weighted by molar-refractivity contribution is 0.0729. The van der Waals surface area contributed by atoms with Gasteiger partial charge in [0.25, 0.3) is 5.91 Å². The van der Waals surface area contributed by atoms with E-state index in [1.54, 1.807) is 7.11 Å². The van der Waals surface area contributed by atoms with E-state index in [-0.39, 0.29) is 5.91 Å². The second-order valence-electron chi connectivity index (χ2n) is 7.21. The van der Waals surface area contributed by atoms with E-state index >= 15 is 0 Å². The van der Waals surface area contributed by atoms with Gasteiger partial charge >= 0.3 is 0 Å². The predicted molar refractivity (Wildman–Crippen MR) is 98.5 cm³/mol. The Labute approximate surface area is 154 Å². The lowest BCUT2D eigenvalue weighted by Crippen LogP contribution is -2.36. The van der Waals surface area contributed by atoms with Gasteiger partial charge in [-0.25, -0.2) is 4.98 Å². The van der Waals surface area contributed by atoms with Crippen LogP contribution in [-0.4, -0.2) is 39.6 Å². The highest BCUT2D eigenvalue weighted by Gasteiger charge is 2.29. The van der Waals surface area contributed by atoms with Crippen molar-refractivity contribution in [2.75, 3.05) is 13.7 Å². The number of rotatable bonds is 5. The number of H-pyrrole nitrogens is 1. The summed E-state index contributed by atoms with van der Waals surface area (Å²) in [7, 11) is 1.59. The van der Waals surface area contributed by atoms with Gasteiger partial charge in [0.15, 0.2) is 0 Å². The third-order valence-electron chi connectivity index (χ3n) is 5.51. The number of pyridine rings is 1. The van der Waals surface area contributed by atoms with Crippen LogP contribution in [0.1, 0.15) is 64.8 Å². The maximum absolute atomic E-state index is 13.2. The average molecular weight is 354 g/mol. The first-order chi connectivity index (χ1) is 12.7. The fourth-order valence-corrected chi connectivity index (χ4v) is 4.01. The Hall–Kier alpha value is -2.37. The first-order valence-corrected chi connectivity index (χ1v) is 9.62. The van der Waals surface area contributed by atoms with Gasteiger partial charge in [-0.3, -0.25) is 9.89 Å². The van der Waals surface area contributed by atoms with E-state index < -0.39 is 0 Å². The zero-order chi connectivity index (χ0) is 18.1. The van der Waals surface area contributed by atoms with Crippen LogP contribution in [-0.2, 0) is 32.2 Å². The number of aromatic nitrogens is 3. The van der Waals surface area contributed by atoms with E-state index in [9.17, 15) is 4.79 Å². The molecule has 0 spiro atoms. The molecule has 0 saturated heterocycles. The van der Waals surface area contributed by atoms with Crippen molar-refractivity contribution >= 4 is 5.91 Å². The molecule has 0 unspecified atom stereocenters. The molecule has 138 valence electrons. The number of amides is 1. The van der Waals surface area contributed by atoms with Gasteiger partial charge in [-0.2, -0.15) is 5.10 Å². The summed E-state index contributed by atoms with van der Waals surface area (Å²) in [6.07, 6.45) is 7.12. The highest BCUT2D eigenvalue weighted by atomic mass is 16.5. The molecule has 2 aliphatic rings. The largest absolute Gasteiger partial charge is 0.480 e. The summed E-state index contributed by atoms with van der Waals surface area (Å²) in [5, 5.41) is 7.65. The maximum Gasteiger partial charge on any atom is 0.259 e. The molecule has 6 heteroatoms. The van der Waals surface area contributed by atoms with Crippen LogP contribution in [0.5, 0.6) is 5.88 Å². The minimum Gasteiger partial charge on any atom is -0.480 e. The number of unbranched alkanes of at least 4 members (excludes halogenated alkanes) is 1. The van der Waals surface area contributed by atoms with Gasteiger partial charge in [0.05, 0.1) is 12.8 Å². The molecule has 3 heterocycles. The molecule has 26 heavy (non-hydrogen) atoms. The standard InChI is InChI=1S/C20H26N4O2/c1-3-4-7-17-15-12-24(10-9-18(15)23-22-17)20(25)14-11-13-6-5-8-16(13)21-19(14)26-2/h11H,3-10,12H2,1-2H3,(H,22,23). The first kappa shape index (κ1) is 17.1. The summed E-state index contributed by atoms with van der Waals surface area (Å²) in [5.41, 5.74) is 6.36. The fourth-order valence-electron chi connectivity index (χ4n) is 4.01. The molecule has 2 aromatic rings. The number of fused-ring (bicyclic) bond motifs is 2. The maximum atomic E-state index is 13.2. The summed E-state index contributed by atoms with van der Waals surface area (Å²) in [5.74, 6) is 0.470. The highest BCUT2D eigenvalue weighted by molar-refractivity contribution is 5.96. The number of carbonyl (C=O) groups excluding carboxylic acids is 1. The molecule has 1 aliphatic heterocycles. The van der Waals surface area contributed by atoms with Gasteiger partial charge in [-0.05, 0) is 43.7 Å². The van der Waals surface area contributed by atoms with Gasteiger partial charge < -0.3 is 9.64 Å². The monoisotopic (exact) mass is 354 g/mol. The van der Waals surface area contributed by atoms with E-state index in [2.05, 4.69) is 22.1 Å². The highest BCUT2D eigenvalue weighted by Crippen LogP contribution is 2.29. The Balaban J connectivity index is 1.59. The molecular weight excluding hydrogens is 328 g/mol. The molecule has 1 aliphatic carbocycles. The van der Waals surface area contributed by atoms with Crippen LogP contribution in [0.25, 0.3) is 0 Å². The molecule has 0 bridgehead atoms. The summed E-state index contributed by atoms with van der Waals surface area (Å²) in [4.78, 5) is 19.7. The number of aromatic amines is 1. The van der Waals surface area contributed by atoms with Gasteiger partial charge in [-0.15, -0.1) is 0 Å². The molecule has 1 N–H and O–H groups in total. The molecule has 0 saturated carbocycles. The molecule has 0 fully saturated rings. The number of carbonyl (C=O) groups is 1. The van der Waals surface area contributed by atoms with Crippen LogP contribution in [0.15, 0.2) is 6.07 Å². The van der Waals surface area contributed by atoms with Gasteiger partial charge in [-0.1, -0.05) is 13.3 Å². The zero-order valence-corrected chi connectivity index (χ0v) is 15.6. The number of nitrogens with one attached hydrogen (secondary N) is 1. The SMILES string of the molecule is CCCCc1n[nH]c2c1CN(C(=O)c1cc3c(nc1OC)CCC3)CC2. The van der Waals surface area contributed by atoms with Gasteiger partial charge in [0, 0.05) is 36.5 Å². The summed E-state index contributed by atoms with van der Waals surface area (Å²) >= 11 is 0. The fraction of sp³-hybridized carbons (Fsp3) is 0.550. The minimum atomic E-state index is 0.0114. The van der Waals surface area contributed by atoms with Crippen molar-refractivity contribution in [3.05, 3.63) is 39.8 Å². The smallest absolute Gasteiger partial charge is 0.259 e. The first-order valence-electron chi connectivity index (χ1n) is 9.62. The number of hydrogen-bond donors (Lipinski definition) is 1. The van der Waals surface area contributed by atoms with E-state index in [0.717, 1.165) is 56.3 Å². The van der Waals surface area contributed by atoms with Crippen molar-refractivity contribution in [1.82, 2.24) is 20.1 Å². The van der Waals surface area contributed by atoms with Crippen LogP contribution in [0.3, 0.4) is 0 Å². The number of nitrogens with zero attached hydrogens (tertiary/aromatic N) is 3. The van der Waals surface area contributed by atoms with Crippen LogP contribution < -0.4 is 4.74 Å². The van der Waals surface area contributed by atoms with Crippen molar-refractivity contribution in [3.8, 4) is 5.88 Å². The number of methoxy groups -OCH3 is 1. The van der Waals surface area contributed by atoms with Gasteiger partial charge in [0.2, 0.25) is 5.88 Å². The molecule has 0 atom stereocenters. The normalized spacial score (nSPS) is 15.7. The van der Waals surface area contributed by atoms with Crippen LogP contribution in [0.2, 0.25) is 0 Å². The molecule has 4 rings (SSSR count). The third-order valence-corrected chi connectivity index (χ3v) is 5.51. The summed E-state index contributed by atoms with van der Waals surface area (Å²) < 4.78 is 5.44. The Kier molecular flexibility index (Phi) is 4.66. The quantitative estimate of drug-likeness (QED) is 0.896. The lowest BCUT2D eigenvalue weighted by Gasteiger charge is -2.28. The van der Waals surface area contributed by atoms with Crippen molar-refractivity contribution in [2.45, 2.75) is 58.4 Å². The second kappa shape index (κ2) is 7.09. The predicted octanol–water partition coefficient (Wildman–Crippen LogP) is 2.84. The Morgan fingerprint density at radius 1 is 1.35 bits per heavy atom. The number of hydrogen-bond acceptors (Lipinski definition) is 4. The van der Waals surface area contributed by atoms with Crippen LogP contribution in [0.4, 0.5) is 0 Å². The second-order valence-corrected chi connectivity index (χ2v) is 7.21. The number of aryl methyl sites for hydroxylation is 3. The molecule has 2 aromatic heterocycles. The van der Waals surface area contributed by atoms with E-state index in [1.165, 1.54) is 16.8 Å². The lowest BCUT2D eigenvalue weighted by atomic mass is 10.0. The van der Waals surface area contributed by atoms with Gasteiger partial charge in [0.1, 0.15) is 5.56 Å². The van der Waals surface area contributed by atoms with E-state index in [1.807, 2.05) is 11.0 Å². The Bertz CT molecular complexity index is 827. The number of ether oxygens (including phenoxy) is 1. The van der Waals surface area contributed by atoms with Crippen molar-refractivity contribution in [3.63, 3.8) is 0 Å². The van der Waals surface area contributed by atoms with Crippen LogP contribution >= 0.6 is 0 Å². The van der Waals surface area contributed by atoms with Crippen LogP contribution in [0, 0.1) is 0 Å². The Morgan fingerprint density at radius 3 is 3.04 bits per heavy atom. The average Bonchev–Trinajstić information content (AvgIpc) is 3.30. The molecule has 6 nitrogen and oxygen atoms in total. The van der Waals surface area contributed by atoms with Crippen molar-refractivity contribution < 1.29 is 9.53 Å². The van der Waals surface area contributed by atoms with E-state index in [4.69, 9.17) is 4.74 Å². The minimum absolute atomic E-state index is 0.0114.